The van der Waals surface area contributed by atoms with Crippen molar-refractivity contribution in [3.8, 4) is 0 Å². The zero-order valence-corrected chi connectivity index (χ0v) is 16.4. The summed E-state index contributed by atoms with van der Waals surface area (Å²) in [5.41, 5.74) is 1.16. The van der Waals surface area contributed by atoms with E-state index < -0.39 is 10.0 Å². The lowest BCUT2D eigenvalue weighted by atomic mass is 9.82. The van der Waals surface area contributed by atoms with Gasteiger partial charge in [0.25, 0.3) is 0 Å². The first-order chi connectivity index (χ1) is 11.7. The Balaban J connectivity index is 2.08. The summed E-state index contributed by atoms with van der Waals surface area (Å²) in [5, 5.41) is 0. The predicted molar refractivity (Wildman–Crippen MR) is 97.9 cm³/mol. The molecule has 1 saturated heterocycles. The molecule has 6 heteroatoms. The predicted octanol–water partition coefficient (Wildman–Crippen LogP) is 3.34. The summed E-state index contributed by atoms with van der Waals surface area (Å²) < 4.78 is 32.2. The molecule has 1 heterocycles. The van der Waals surface area contributed by atoms with E-state index in [2.05, 4.69) is 20.8 Å². The van der Waals surface area contributed by atoms with E-state index in [4.69, 9.17) is 4.74 Å². The molecule has 140 valence electrons. The molecule has 0 bridgehead atoms. The number of sulfonamides is 1. The van der Waals surface area contributed by atoms with Crippen LogP contribution in [0.25, 0.3) is 0 Å². The molecule has 0 aromatic heterocycles. The van der Waals surface area contributed by atoms with Crippen LogP contribution in [-0.4, -0.2) is 38.4 Å². The largest absolute Gasteiger partial charge is 0.466 e. The molecule has 2 rings (SSSR count). The van der Waals surface area contributed by atoms with Crippen LogP contribution in [0.3, 0.4) is 0 Å². The number of benzene rings is 1. The van der Waals surface area contributed by atoms with E-state index in [0.717, 1.165) is 12.0 Å². The molecule has 0 spiro atoms. The Kier molecular flexibility index (Phi) is 6.27. The quantitative estimate of drug-likeness (QED) is 0.724. The summed E-state index contributed by atoms with van der Waals surface area (Å²) in [6.45, 7) is 9.27. The Morgan fingerprint density at radius 1 is 1.16 bits per heavy atom. The Labute approximate surface area is 151 Å². The summed E-state index contributed by atoms with van der Waals surface area (Å²) >= 11 is 0. The SMILES string of the molecule is CCOC(=O)C1CCN(S(=O)(=O)c2ccc(C(C)(C)CC)cc2)CC1. The van der Waals surface area contributed by atoms with Crippen LogP contribution in [0, 0.1) is 5.92 Å². The van der Waals surface area contributed by atoms with Crippen molar-refractivity contribution in [3.05, 3.63) is 29.8 Å². The van der Waals surface area contributed by atoms with Crippen LogP contribution < -0.4 is 0 Å². The number of carbonyl (C=O) groups is 1. The van der Waals surface area contributed by atoms with Gasteiger partial charge in [0.2, 0.25) is 10.0 Å². The highest BCUT2D eigenvalue weighted by atomic mass is 32.2. The number of piperidine rings is 1. The molecule has 1 aliphatic rings. The van der Waals surface area contributed by atoms with Gasteiger partial charge >= 0.3 is 5.97 Å². The minimum absolute atomic E-state index is 0.0281. The van der Waals surface area contributed by atoms with Crippen molar-refractivity contribution in [1.82, 2.24) is 4.31 Å². The second-order valence-electron chi connectivity index (χ2n) is 7.19. The van der Waals surface area contributed by atoms with Crippen LogP contribution in [0.4, 0.5) is 0 Å². The lowest BCUT2D eigenvalue weighted by molar-refractivity contribution is -0.149. The van der Waals surface area contributed by atoms with Crippen LogP contribution in [0.1, 0.15) is 52.5 Å². The number of hydrogen-bond acceptors (Lipinski definition) is 4. The fraction of sp³-hybridized carbons (Fsp3) is 0.632. The maximum atomic E-state index is 12.8. The molecular formula is C19H29NO4S. The number of carbonyl (C=O) groups excluding carboxylic acids is 1. The van der Waals surface area contributed by atoms with Crippen molar-refractivity contribution < 1.29 is 17.9 Å². The normalized spacial score (nSPS) is 17.4. The lowest BCUT2D eigenvalue weighted by Gasteiger charge is -2.30. The van der Waals surface area contributed by atoms with E-state index in [9.17, 15) is 13.2 Å². The van der Waals surface area contributed by atoms with Gasteiger partial charge in [-0.1, -0.05) is 32.9 Å². The average Bonchev–Trinajstić information content (AvgIpc) is 2.62. The Hall–Kier alpha value is -1.40. The van der Waals surface area contributed by atoms with E-state index >= 15 is 0 Å². The molecule has 0 unspecified atom stereocenters. The first-order valence-corrected chi connectivity index (χ1v) is 10.4. The van der Waals surface area contributed by atoms with E-state index in [1.165, 1.54) is 4.31 Å². The number of hydrogen-bond donors (Lipinski definition) is 0. The fourth-order valence-electron chi connectivity index (χ4n) is 3.02. The molecule has 0 N–H and O–H groups in total. The van der Waals surface area contributed by atoms with Gasteiger partial charge in [0, 0.05) is 13.1 Å². The zero-order chi connectivity index (χ0) is 18.7. The van der Waals surface area contributed by atoms with Crippen molar-refractivity contribution >= 4 is 16.0 Å². The maximum Gasteiger partial charge on any atom is 0.309 e. The van der Waals surface area contributed by atoms with Gasteiger partial charge in [0.1, 0.15) is 0 Å². The third kappa shape index (κ3) is 4.42. The molecule has 0 saturated carbocycles. The summed E-state index contributed by atoms with van der Waals surface area (Å²) in [7, 11) is -3.51. The molecule has 0 atom stereocenters. The maximum absolute atomic E-state index is 12.8. The van der Waals surface area contributed by atoms with Crippen LogP contribution >= 0.6 is 0 Å². The van der Waals surface area contributed by atoms with Crippen molar-refractivity contribution in [2.24, 2.45) is 5.92 Å². The topological polar surface area (TPSA) is 63.7 Å². The first kappa shape index (κ1) is 19.9. The van der Waals surface area contributed by atoms with Gasteiger partial charge in [-0.15, -0.1) is 0 Å². The van der Waals surface area contributed by atoms with Gasteiger partial charge in [0.15, 0.2) is 0 Å². The molecule has 0 radical (unpaired) electrons. The number of ether oxygens (including phenoxy) is 1. The highest BCUT2D eigenvalue weighted by molar-refractivity contribution is 7.89. The standard InChI is InChI=1S/C19H29NO4S/c1-5-19(3,4)16-7-9-17(10-8-16)25(22,23)20-13-11-15(12-14-20)18(21)24-6-2/h7-10,15H,5-6,11-14H2,1-4H3. The molecule has 0 aliphatic carbocycles. The number of esters is 1. The summed E-state index contributed by atoms with van der Waals surface area (Å²) in [4.78, 5) is 12.1. The van der Waals surface area contributed by atoms with Gasteiger partial charge < -0.3 is 4.74 Å². The van der Waals surface area contributed by atoms with Crippen molar-refractivity contribution in [1.29, 1.82) is 0 Å². The van der Waals surface area contributed by atoms with Crippen molar-refractivity contribution in [2.75, 3.05) is 19.7 Å². The van der Waals surface area contributed by atoms with Crippen LogP contribution in [-0.2, 0) is 25.0 Å². The van der Waals surface area contributed by atoms with Crippen LogP contribution in [0.15, 0.2) is 29.2 Å². The third-order valence-electron chi connectivity index (χ3n) is 5.23. The molecule has 1 aromatic rings. The molecule has 1 aliphatic heterocycles. The smallest absolute Gasteiger partial charge is 0.309 e. The van der Waals surface area contributed by atoms with Crippen molar-refractivity contribution in [2.45, 2.75) is 57.3 Å². The molecule has 0 amide bonds. The van der Waals surface area contributed by atoms with Gasteiger partial charge in [-0.25, -0.2) is 8.42 Å². The van der Waals surface area contributed by atoms with Gasteiger partial charge in [-0.05, 0) is 49.3 Å². The van der Waals surface area contributed by atoms with Gasteiger partial charge in [0.05, 0.1) is 17.4 Å². The zero-order valence-electron chi connectivity index (χ0n) is 15.6. The minimum Gasteiger partial charge on any atom is -0.466 e. The van der Waals surface area contributed by atoms with Crippen molar-refractivity contribution in [3.63, 3.8) is 0 Å². The van der Waals surface area contributed by atoms with Crippen LogP contribution in [0.5, 0.6) is 0 Å². The van der Waals surface area contributed by atoms with Gasteiger partial charge in [-0.3, -0.25) is 4.79 Å². The monoisotopic (exact) mass is 367 g/mol. The Bertz CT molecular complexity index is 687. The number of rotatable bonds is 6. The molecular weight excluding hydrogens is 338 g/mol. The fourth-order valence-corrected chi connectivity index (χ4v) is 4.49. The highest BCUT2D eigenvalue weighted by Gasteiger charge is 2.32. The third-order valence-corrected chi connectivity index (χ3v) is 7.14. The molecule has 1 fully saturated rings. The second-order valence-corrected chi connectivity index (χ2v) is 9.13. The summed E-state index contributed by atoms with van der Waals surface area (Å²) in [6.07, 6.45) is 2.01. The highest BCUT2D eigenvalue weighted by Crippen LogP contribution is 2.29. The van der Waals surface area contributed by atoms with E-state index in [1.54, 1.807) is 19.1 Å². The summed E-state index contributed by atoms with van der Waals surface area (Å²) in [5.74, 6) is -0.412. The van der Waals surface area contributed by atoms with E-state index in [-0.39, 0.29) is 17.3 Å². The van der Waals surface area contributed by atoms with E-state index in [1.807, 2.05) is 12.1 Å². The average molecular weight is 368 g/mol. The van der Waals surface area contributed by atoms with Gasteiger partial charge in [-0.2, -0.15) is 4.31 Å². The molecule has 1 aromatic carbocycles. The minimum atomic E-state index is -3.51. The molecule has 5 nitrogen and oxygen atoms in total. The van der Waals surface area contributed by atoms with E-state index in [0.29, 0.717) is 37.4 Å². The Morgan fingerprint density at radius 2 is 1.72 bits per heavy atom. The summed E-state index contributed by atoms with van der Waals surface area (Å²) in [6, 6.07) is 7.20. The van der Waals surface area contributed by atoms with Crippen LogP contribution in [0.2, 0.25) is 0 Å². The second kappa shape index (κ2) is 7.87. The Morgan fingerprint density at radius 3 is 2.20 bits per heavy atom. The first-order valence-electron chi connectivity index (χ1n) is 8.99. The lowest BCUT2D eigenvalue weighted by Crippen LogP contribution is -2.40. The molecule has 25 heavy (non-hydrogen) atoms. The number of nitrogens with zero attached hydrogens (tertiary/aromatic N) is 1.